The summed E-state index contributed by atoms with van der Waals surface area (Å²) in [6.45, 7) is 13.1. The van der Waals surface area contributed by atoms with Gasteiger partial charge in [-0.15, -0.1) is 0 Å². The highest BCUT2D eigenvalue weighted by atomic mass is 16.5. The third-order valence-electron chi connectivity index (χ3n) is 3.89. The summed E-state index contributed by atoms with van der Waals surface area (Å²) in [6.07, 6.45) is 0.163. The SMILES string of the molecule is CCNC(=NCc1ccc(OC(C)C)cc1)N(C)CC(=O)N(CC)CC. The normalized spacial score (nSPS) is 11.4. The van der Waals surface area contributed by atoms with Crippen LogP contribution < -0.4 is 10.1 Å². The molecule has 1 rings (SSSR count). The van der Waals surface area contributed by atoms with Crippen LogP contribution in [-0.4, -0.2) is 61.0 Å². The largest absolute Gasteiger partial charge is 0.491 e. The first-order valence-corrected chi connectivity index (χ1v) is 9.43. The fourth-order valence-electron chi connectivity index (χ4n) is 2.54. The van der Waals surface area contributed by atoms with E-state index >= 15 is 0 Å². The van der Waals surface area contributed by atoms with Crippen LogP contribution in [0.2, 0.25) is 0 Å². The number of amides is 1. The molecule has 1 amide bonds. The van der Waals surface area contributed by atoms with Crippen LogP contribution in [0.5, 0.6) is 5.75 Å². The van der Waals surface area contributed by atoms with E-state index in [9.17, 15) is 4.79 Å². The number of hydrogen-bond acceptors (Lipinski definition) is 3. The molecule has 6 heteroatoms. The molecule has 0 aliphatic rings. The molecule has 0 spiro atoms. The molecule has 0 atom stereocenters. The monoisotopic (exact) mass is 362 g/mol. The van der Waals surface area contributed by atoms with Gasteiger partial charge in [-0.25, -0.2) is 4.99 Å². The van der Waals surface area contributed by atoms with E-state index in [4.69, 9.17) is 4.74 Å². The van der Waals surface area contributed by atoms with Crippen molar-refractivity contribution in [2.24, 2.45) is 4.99 Å². The van der Waals surface area contributed by atoms with Crippen molar-refractivity contribution in [2.75, 3.05) is 33.2 Å². The number of nitrogens with one attached hydrogen (secondary N) is 1. The quantitative estimate of drug-likeness (QED) is 0.542. The number of ether oxygens (including phenoxy) is 1. The van der Waals surface area contributed by atoms with Crippen molar-refractivity contribution in [3.05, 3.63) is 29.8 Å². The Balaban J connectivity index is 2.74. The van der Waals surface area contributed by atoms with Crippen molar-refractivity contribution < 1.29 is 9.53 Å². The van der Waals surface area contributed by atoms with E-state index in [1.807, 2.05) is 75.7 Å². The van der Waals surface area contributed by atoms with Crippen LogP contribution in [0.15, 0.2) is 29.3 Å². The van der Waals surface area contributed by atoms with E-state index in [-0.39, 0.29) is 12.0 Å². The second-order valence-electron chi connectivity index (χ2n) is 6.40. The summed E-state index contributed by atoms with van der Waals surface area (Å²) in [5, 5.41) is 3.25. The Hall–Kier alpha value is -2.24. The molecule has 0 fully saturated rings. The summed E-state index contributed by atoms with van der Waals surface area (Å²) in [7, 11) is 1.89. The number of benzene rings is 1. The Bertz CT molecular complexity index is 566. The fourth-order valence-corrected chi connectivity index (χ4v) is 2.54. The zero-order valence-electron chi connectivity index (χ0n) is 17.1. The lowest BCUT2D eigenvalue weighted by molar-refractivity contribution is -0.131. The van der Waals surface area contributed by atoms with E-state index < -0.39 is 0 Å². The number of aliphatic imine (C=N–C) groups is 1. The van der Waals surface area contributed by atoms with Crippen LogP contribution in [0.4, 0.5) is 0 Å². The highest BCUT2D eigenvalue weighted by molar-refractivity contribution is 5.86. The van der Waals surface area contributed by atoms with Gasteiger partial charge in [0, 0.05) is 26.7 Å². The van der Waals surface area contributed by atoms with Crippen molar-refractivity contribution in [1.82, 2.24) is 15.1 Å². The smallest absolute Gasteiger partial charge is 0.242 e. The Labute approximate surface area is 158 Å². The lowest BCUT2D eigenvalue weighted by atomic mass is 10.2. The highest BCUT2D eigenvalue weighted by Gasteiger charge is 2.14. The van der Waals surface area contributed by atoms with Crippen molar-refractivity contribution >= 4 is 11.9 Å². The van der Waals surface area contributed by atoms with Crippen LogP contribution in [0.25, 0.3) is 0 Å². The summed E-state index contributed by atoms with van der Waals surface area (Å²) < 4.78 is 5.66. The second kappa shape index (κ2) is 11.4. The molecule has 0 saturated carbocycles. The molecular weight excluding hydrogens is 328 g/mol. The van der Waals surface area contributed by atoms with Gasteiger partial charge in [0.15, 0.2) is 5.96 Å². The van der Waals surface area contributed by atoms with E-state index in [1.165, 1.54) is 0 Å². The van der Waals surface area contributed by atoms with E-state index in [0.29, 0.717) is 13.1 Å². The molecule has 0 unspecified atom stereocenters. The molecule has 0 saturated heterocycles. The fraction of sp³-hybridized carbons (Fsp3) is 0.600. The molecule has 1 aromatic carbocycles. The predicted molar refractivity (Wildman–Crippen MR) is 108 cm³/mol. The molecule has 26 heavy (non-hydrogen) atoms. The Morgan fingerprint density at radius 1 is 1.15 bits per heavy atom. The molecule has 0 radical (unpaired) electrons. The standard InChI is InChI=1S/C20H34N4O2/c1-7-21-20(23(6)15-19(25)24(8-2)9-3)22-14-17-10-12-18(13-11-17)26-16(4)5/h10-13,16H,7-9,14-15H2,1-6H3,(H,21,22). The van der Waals surface area contributed by atoms with Gasteiger partial charge >= 0.3 is 0 Å². The van der Waals surface area contributed by atoms with Gasteiger partial charge in [0.25, 0.3) is 0 Å². The van der Waals surface area contributed by atoms with Gasteiger partial charge in [-0.05, 0) is 52.3 Å². The van der Waals surface area contributed by atoms with Crippen molar-refractivity contribution in [2.45, 2.75) is 47.3 Å². The van der Waals surface area contributed by atoms with Crippen molar-refractivity contribution in [1.29, 1.82) is 0 Å². The number of carbonyl (C=O) groups excluding carboxylic acids is 1. The van der Waals surface area contributed by atoms with E-state index in [0.717, 1.165) is 36.9 Å². The number of rotatable bonds is 9. The van der Waals surface area contributed by atoms with Crippen LogP contribution in [0.3, 0.4) is 0 Å². The number of nitrogens with zero attached hydrogens (tertiary/aromatic N) is 3. The third-order valence-corrected chi connectivity index (χ3v) is 3.89. The average molecular weight is 363 g/mol. The Morgan fingerprint density at radius 3 is 2.27 bits per heavy atom. The minimum absolute atomic E-state index is 0.110. The first kappa shape index (κ1) is 21.8. The van der Waals surface area contributed by atoms with E-state index in [1.54, 1.807) is 0 Å². The zero-order chi connectivity index (χ0) is 19.5. The van der Waals surface area contributed by atoms with Gasteiger partial charge in [0.05, 0.1) is 19.2 Å². The Morgan fingerprint density at radius 2 is 1.77 bits per heavy atom. The zero-order valence-corrected chi connectivity index (χ0v) is 17.1. The van der Waals surface area contributed by atoms with Crippen molar-refractivity contribution in [3.63, 3.8) is 0 Å². The number of hydrogen-bond donors (Lipinski definition) is 1. The molecule has 0 aromatic heterocycles. The topological polar surface area (TPSA) is 57.2 Å². The molecule has 0 bridgehead atoms. The van der Waals surface area contributed by atoms with Crippen LogP contribution in [0.1, 0.15) is 40.2 Å². The lowest BCUT2D eigenvalue weighted by Gasteiger charge is -2.25. The van der Waals surface area contributed by atoms with Gasteiger partial charge in [-0.2, -0.15) is 0 Å². The molecule has 0 heterocycles. The minimum Gasteiger partial charge on any atom is -0.491 e. The summed E-state index contributed by atoms with van der Waals surface area (Å²) in [5.74, 6) is 1.70. The van der Waals surface area contributed by atoms with Gasteiger partial charge in [-0.3, -0.25) is 4.79 Å². The summed E-state index contributed by atoms with van der Waals surface area (Å²) in [6, 6.07) is 7.97. The minimum atomic E-state index is 0.110. The summed E-state index contributed by atoms with van der Waals surface area (Å²) >= 11 is 0. The molecule has 1 N–H and O–H groups in total. The highest BCUT2D eigenvalue weighted by Crippen LogP contribution is 2.14. The van der Waals surface area contributed by atoms with Crippen molar-refractivity contribution in [3.8, 4) is 5.75 Å². The van der Waals surface area contributed by atoms with Gasteiger partial charge in [0.1, 0.15) is 5.75 Å². The van der Waals surface area contributed by atoms with E-state index in [2.05, 4.69) is 10.3 Å². The van der Waals surface area contributed by atoms with Gasteiger partial charge in [0.2, 0.25) is 5.91 Å². The third kappa shape index (κ3) is 7.33. The summed E-state index contributed by atoms with van der Waals surface area (Å²) in [4.78, 5) is 20.7. The van der Waals surface area contributed by atoms with Crippen LogP contribution >= 0.6 is 0 Å². The maximum Gasteiger partial charge on any atom is 0.242 e. The van der Waals surface area contributed by atoms with Crippen LogP contribution in [0, 0.1) is 0 Å². The number of guanidine groups is 1. The van der Waals surface area contributed by atoms with Crippen LogP contribution in [-0.2, 0) is 11.3 Å². The molecule has 0 aliphatic heterocycles. The maximum atomic E-state index is 12.3. The lowest BCUT2D eigenvalue weighted by Crippen LogP contribution is -2.45. The first-order chi connectivity index (χ1) is 12.4. The maximum absolute atomic E-state index is 12.3. The number of carbonyl (C=O) groups is 1. The molecular formula is C20H34N4O2. The number of likely N-dealkylation sites (N-methyl/N-ethyl adjacent to an activating group) is 2. The summed E-state index contributed by atoms with van der Waals surface area (Å²) in [5.41, 5.74) is 1.10. The molecule has 6 nitrogen and oxygen atoms in total. The molecule has 146 valence electrons. The first-order valence-electron chi connectivity index (χ1n) is 9.43. The Kier molecular flexibility index (Phi) is 9.55. The predicted octanol–water partition coefficient (Wildman–Crippen LogP) is 2.74. The second-order valence-corrected chi connectivity index (χ2v) is 6.40. The van der Waals surface area contributed by atoms with Gasteiger partial charge < -0.3 is 19.9 Å². The molecule has 1 aromatic rings. The average Bonchev–Trinajstić information content (AvgIpc) is 2.60. The molecule has 0 aliphatic carbocycles. The van der Waals surface area contributed by atoms with Gasteiger partial charge in [-0.1, -0.05) is 12.1 Å².